The lowest BCUT2D eigenvalue weighted by molar-refractivity contribution is 0.552. The van der Waals surface area contributed by atoms with Gasteiger partial charge in [-0.2, -0.15) is 8.42 Å². The molecule has 0 amide bonds. The molecule has 0 aliphatic heterocycles. The lowest BCUT2D eigenvalue weighted by Crippen LogP contribution is -2.16. The van der Waals surface area contributed by atoms with Gasteiger partial charge in [0, 0.05) is 0 Å². The van der Waals surface area contributed by atoms with Gasteiger partial charge < -0.3 is 0 Å². The summed E-state index contributed by atoms with van der Waals surface area (Å²) in [5, 5.41) is 0. The van der Waals surface area contributed by atoms with Gasteiger partial charge in [-0.25, -0.2) is 8.42 Å². The number of anilines is 1. The van der Waals surface area contributed by atoms with E-state index < -0.39 is 25.1 Å². The first-order valence-corrected chi connectivity index (χ1v) is 8.90. The monoisotopic (exact) mass is 329 g/mol. The number of halogens is 1. The summed E-state index contributed by atoms with van der Waals surface area (Å²) in [7, 11) is -8.86. The summed E-state index contributed by atoms with van der Waals surface area (Å²) < 4.78 is 61.2. The number of rotatable bonds is 5. The Labute approximate surface area is 122 Å². The second-order valence-electron chi connectivity index (χ2n) is 4.28. The topological polar surface area (TPSA) is 80.3 Å². The Morgan fingerprint density at radius 3 is 2.05 bits per heavy atom. The first kappa shape index (κ1) is 15.5. The molecule has 0 heterocycles. The van der Waals surface area contributed by atoms with Crippen molar-refractivity contribution in [2.75, 3.05) is 4.72 Å². The molecule has 0 bridgehead atoms. The minimum atomic E-state index is -5.01. The van der Waals surface area contributed by atoms with E-state index in [0.717, 1.165) is 6.07 Å². The highest BCUT2D eigenvalue weighted by atomic mass is 32.3. The van der Waals surface area contributed by atoms with Gasteiger partial charge in [0.25, 0.3) is 0 Å². The van der Waals surface area contributed by atoms with Crippen molar-refractivity contribution in [2.45, 2.75) is 10.6 Å². The smallest absolute Gasteiger partial charge is 0.282 e. The second kappa shape index (κ2) is 5.82. The summed E-state index contributed by atoms with van der Waals surface area (Å²) in [5.41, 5.74) is 0.224. The second-order valence-corrected chi connectivity index (χ2v) is 7.32. The molecule has 0 aliphatic rings. The zero-order chi connectivity index (χ0) is 15.5. The minimum absolute atomic E-state index is 0.309. The number of para-hydroxylation sites is 1. The average Bonchev–Trinajstić information content (AvgIpc) is 2.38. The van der Waals surface area contributed by atoms with Gasteiger partial charge in [-0.05, 0) is 17.7 Å². The quantitative estimate of drug-likeness (QED) is 0.854. The van der Waals surface area contributed by atoms with Crippen LogP contribution in [-0.2, 0) is 26.0 Å². The molecule has 21 heavy (non-hydrogen) atoms. The zero-order valence-electron chi connectivity index (χ0n) is 10.7. The molecule has 0 spiro atoms. The van der Waals surface area contributed by atoms with Crippen molar-refractivity contribution in [3.63, 3.8) is 0 Å². The van der Waals surface area contributed by atoms with Crippen molar-refractivity contribution in [1.82, 2.24) is 0 Å². The van der Waals surface area contributed by atoms with Gasteiger partial charge in [-0.15, -0.1) is 3.89 Å². The third-order valence-electron chi connectivity index (χ3n) is 2.61. The molecular weight excluding hydrogens is 317 g/mol. The number of hydrogen-bond acceptors (Lipinski definition) is 4. The van der Waals surface area contributed by atoms with E-state index in [2.05, 4.69) is 4.72 Å². The fraction of sp³-hybridized carbons (Fsp3) is 0.0769. The zero-order valence-corrected chi connectivity index (χ0v) is 12.4. The maximum Gasteiger partial charge on any atom is 0.334 e. The lowest BCUT2D eigenvalue weighted by Gasteiger charge is -2.10. The van der Waals surface area contributed by atoms with Crippen molar-refractivity contribution in [1.29, 1.82) is 0 Å². The fourth-order valence-corrected chi connectivity index (χ4v) is 3.66. The first-order valence-electron chi connectivity index (χ1n) is 5.86. The van der Waals surface area contributed by atoms with Crippen molar-refractivity contribution < 1.29 is 20.7 Å². The van der Waals surface area contributed by atoms with Crippen LogP contribution in [-0.4, -0.2) is 16.8 Å². The Morgan fingerprint density at radius 2 is 1.43 bits per heavy atom. The Morgan fingerprint density at radius 1 is 0.857 bits per heavy atom. The van der Waals surface area contributed by atoms with E-state index in [9.17, 15) is 20.7 Å². The molecule has 0 aliphatic carbocycles. The van der Waals surface area contributed by atoms with Crippen LogP contribution in [0, 0.1) is 0 Å². The molecule has 1 N–H and O–H groups in total. The van der Waals surface area contributed by atoms with E-state index in [4.69, 9.17) is 0 Å². The number of benzene rings is 2. The van der Waals surface area contributed by atoms with Gasteiger partial charge >= 0.3 is 10.2 Å². The summed E-state index contributed by atoms with van der Waals surface area (Å²) >= 11 is 0. The molecule has 0 fully saturated rings. The van der Waals surface area contributed by atoms with Crippen LogP contribution >= 0.6 is 0 Å². The lowest BCUT2D eigenvalue weighted by atomic mass is 10.2. The third-order valence-corrected chi connectivity index (χ3v) is 4.74. The normalized spacial score (nSPS) is 12.0. The molecule has 112 valence electrons. The summed E-state index contributed by atoms with van der Waals surface area (Å²) in [6, 6.07) is 13.3. The molecule has 0 saturated carbocycles. The Hall–Kier alpha value is -1.93. The van der Waals surface area contributed by atoms with E-state index in [1.807, 2.05) is 0 Å². The van der Waals surface area contributed by atoms with Crippen LogP contribution < -0.4 is 4.72 Å². The van der Waals surface area contributed by atoms with Gasteiger partial charge in [0.15, 0.2) is 0 Å². The molecule has 0 atom stereocenters. The largest absolute Gasteiger partial charge is 0.334 e. The highest BCUT2D eigenvalue weighted by molar-refractivity contribution is 7.92. The molecule has 2 aromatic carbocycles. The van der Waals surface area contributed by atoms with Gasteiger partial charge in [0.2, 0.25) is 10.0 Å². The van der Waals surface area contributed by atoms with Crippen molar-refractivity contribution in [3.05, 3.63) is 60.2 Å². The number of nitrogens with one attached hydrogen (secondary N) is 1. The van der Waals surface area contributed by atoms with Crippen molar-refractivity contribution >= 4 is 25.9 Å². The van der Waals surface area contributed by atoms with Crippen LogP contribution in [0.5, 0.6) is 0 Å². The Kier molecular flexibility index (Phi) is 4.29. The number of hydrogen-bond donors (Lipinski definition) is 1. The van der Waals surface area contributed by atoms with Crippen LogP contribution in [0.4, 0.5) is 9.57 Å². The van der Waals surface area contributed by atoms with E-state index >= 15 is 0 Å². The average molecular weight is 329 g/mol. The molecule has 0 aromatic heterocycles. The highest BCUT2D eigenvalue weighted by Gasteiger charge is 2.20. The molecule has 2 aromatic rings. The molecule has 8 heteroatoms. The van der Waals surface area contributed by atoms with Crippen molar-refractivity contribution in [2.24, 2.45) is 0 Å². The van der Waals surface area contributed by atoms with Crippen LogP contribution in [0.3, 0.4) is 0 Å². The third kappa shape index (κ3) is 4.27. The van der Waals surface area contributed by atoms with Crippen molar-refractivity contribution in [3.8, 4) is 0 Å². The van der Waals surface area contributed by atoms with E-state index in [-0.39, 0.29) is 11.4 Å². The fourth-order valence-electron chi connectivity index (χ4n) is 1.76. The van der Waals surface area contributed by atoms with Crippen LogP contribution in [0.15, 0.2) is 59.5 Å². The predicted octanol–water partition coefficient (Wildman–Crippen LogP) is 2.29. The van der Waals surface area contributed by atoms with Gasteiger partial charge in [0.1, 0.15) is 4.90 Å². The van der Waals surface area contributed by atoms with E-state index in [1.165, 1.54) is 18.2 Å². The summed E-state index contributed by atoms with van der Waals surface area (Å²) in [4.78, 5) is -0.707. The Balaban J connectivity index is 2.30. The molecule has 0 saturated heterocycles. The summed E-state index contributed by atoms with van der Waals surface area (Å²) in [5.74, 6) is -0.339. The first-order chi connectivity index (χ1) is 9.78. The Bertz CT molecular complexity index is 833. The molecule has 0 unspecified atom stereocenters. The molecule has 0 radical (unpaired) electrons. The van der Waals surface area contributed by atoms with Gasteiger partial charge in [-0.1, -0.05) is 42.5 Å². The van der Waals surface area contributed by atoms with Crippen LogP contribution in [0.25, 0.3) is 0 Å². The number of sulfonamides is 1. The maximum absolute atomic E-state index is 13.1. The SMILES string of the molecule is O=S(=O)(Cc1ccccc1)Nc1ccccc1S(=O)(=O)F. The van der Waals surface area contributed by atoms with E-state index in [0.29, 0.717) is 5.56 Å². The van der Waals surface area contributed by atoms with Gasteiger partial charge in [0.05, 0.1) is 11.4 Å². The van der Waals surface area contributed by atoms with E-state index in [1.54, 1.807) is 30.3 Å². The molecular formula is C13H12FNO4S2. The molecule has 2 rings (SSSR count). The predicted molar refractivity (Wildman–Crippen MR) is 77.4 cm³/mol. The maximum atomic E-state index is 13.1. The standard InChI is InChI=1S/C13H12FNO4S2/c14-21(18,19)13-9-5-4-8-12(13)15-20(16,17)10-11-6-2-1-3-7-11/h1-9,15H,10H2. The molecule has 5 nitrogen and oxygen atoms in total. The van der Waals surface area contributed by atoms with Crippen LogP contribution in [0.1, 0.15) is 5.56 Å². The minimum Gasteiger partial charge on any atom is -0.282 e. The van der Waals surface area contributed by atoms with Gasteiger partial charge in [-0.3, -0.25) is 4.72 Å². The summed E-state index contributed by atoms with van der Waals surface area (Å²) in [6.07, 6.45) is 0. The highest BCUT2D eigenvalue weighted by Crippen LogP contribution is 2.24. The summed E-state index contributed by atoms with van der Waals surface area (Å²) in [6.45, 7) is 0. The van der Waals surface area contributed by atoms with Crippen LogP contribution in [0.2, 0.25) is 0 Å².